The first-order chi connectivity index (χ1) is 10.1. The molecule has 2 aliphatic heterocycles. The quantitative estimate of drug-likeness (QED) is 0.790. The summed E-state index contributed by atoms with van der Waals surface area (Å²) in [5, 5.41) is 0. The molecule has 21 heavy (non-hydrogen) atoms. The molecule has 1 aliphatic carbocycles. The minimum absolute atomic E-state index is 0.382. The van der Waals surface area contributed by atoms with E-state index in [9.17, 15) is 0 Å². The van der Waals surface area contributed by atoms with E-state index >= 15 is 0 Å². The second kappa shape index (κ2) is 6.29. The zero-order valence-electron chi connectivity index (χ0n) is 13.5. The molecular formula is C18H27N3. The third-order valence-corrected chi connectivity index (χ3v) is 4.88. The van der Waals surface area contributed by atoms with Crippen LogP contribution in [0, 0.1) is 11.8 Å². The Morgan fingerprint density at radius 3 is 2.95 bits per heavy atom. The van der Waals surface area contributed by atoms with Gasteiger partial charge < -0.3 is 9.80 Å². The maximum Gasteiger partial charge on any atom is 0.0748 e. The fourth-order valence-electron chi connectivity index (χ4n) is 3.45. The zero-order chi connectivity index (χ0) is 14.8. The largest absolute Gasteiger partial charge is 0.309 e. The Hall–Kier alpha value is -1.19. The molecule has 2 heterocycles. The Morgan fingerprint density at radius 1 is 1.38 bits per heavy atom. The molecule has 0 aromatic rings. The molecule has 114 valence electrons. The molecule has 3 unspecified atom stereocenters. The van der Waals surface area contributed by atoms with Crippen LogP contribution in [0.4, 0.5) is 0 Å². The van der Waals surface area contributed by atoms with Crippen LogP contribution in [0.2, 0.25) is 0 Å². The van der Waals surface area contributed by atoms with Crippen molar-refractivity contribution in [2.45, 2.75) is 18.9 Å². The van der Waals surface area contributed by atoms with Gasteiger partial charge in [-0.2, -0.15) is 0 Å². The molecule has 3 rings (SSSR count). The van der Waals surface area contributed by atoms with Gasteiger partial charge in [0.15, 0.2) is 0 Å². The van der Waals surface area contributed by atoms with Crippen LogP contribution in [-0.4, -0.2) is 62.8 Å². The number of aliphatic imine (C=N–C) groups is 1. The summed E-state index contributed by atoms with van der Waals surface area (Å²) in [5.74, 6) is 1.18. The molecule has 0 aromatic carbocycles. The monoisotopic (exact) mass is 285 g/mol. The van der Waals surface area contributed by atoms with Gasteiger partial charge in [-0.1, -0.05) is 24.3 Å². The molecule has 3 atom stereocenters. The van der Waals surface area contributed by atoms with Crippen molar-refractivity contribution in [3.8, 4) is 0 Å². The van der Waals surface area contributed by atoms with Crippen molar-refractivity contribution in [1.29, 1.82) is 0 Å². The molecule has 0 aromatic heterocycles. The highest BCUT2D eigenvalue weighted by Crippen LogP contribution is 2.35. The van der Waals surface area contributed by atoms with E-state index in [-0.39, 0.29) is 0 Å². The fourth-order valence-corrected chi connectivity index (χ4v) is 3.45. The summed E-state index contributed by atoms with van der Waals surface area (Å²) >= 11 is 0. The topological polar surface area (TPSA) is 18.8 Å². The lowest BCUT2D eigenvalue weighted by Crippen LogP contribution is -2.26. The average Bonchev–Trinajstić information content (AvgIpc) is 2.88. The number of hydrogen-bond acceptors (Lipinski definition) is 3. The molecule has 3 heteroatoms. The summed E-state index contributed by atoms with van der Waals surface area (Å²) in [6, 6.07) is 0.382. The SMILES string of the molecule is CN(C)CCC1C=NC2C=CC(C3=CCN(C)CC3)=CC12. The van der Waals surface area contributed by atoms with Crippen LogP contribution >= 0.6 is 0 Å². The van der Waals surface area contributed by atoms with Crippen molar-refractivity contribution in [1.82, 2.24) is 9.80 Å². The molecule has 0 radical (unpaired) electrons. The lowest BCUT2D eigenvalue weighted by Gasteiger charge is -2.27. The normalized spacial score (nSPS) is 32.3. The maximum atomic E-state index is 4.71. The Kier molecular flexibility index (Phi) is 4.41. The smallest absolute Gasteiger partial charge is 0.0748 e. The first-order valence-corrected chi connectivity index (χ1v) is 8.09. The lowest BCUT2D eigenvalue weighted by molar-refractivity contribution is 0.354. The summed E-state index contributed by atoms with van der Waals surface area (Å²) in [6.07, 6.45) is 14.1. The number of hydrogen-bond donors (Lipinski definition) is 0. The summed E-state index contributed by atoms with van der Waals surface area (Å²) in [4.78, 5) is 9.35. The Labute approximate surface area is 128 Å². The van der Waals surface area contributed by atoms with Crippen molar-refractivity contribution in [3.63, 3.8) is 0 Å². The van der Waals surface area contributed by atoms with E-state index in [0.717, 1.165) is 13.1 Å². The van der Waals surface area contributed by atoms with Gasteiger partial charge in [0.1, 0.15) is 0 Å². The highest BCUT2D eigenvalue weighted by molar-refractivity contribution is 5.67. The lowest BCUT2D eigenvalue weighted by atomic mass is 9.81. The molecule has 0 saturated heterocycles. The van der Waals surface area contributed by atoms with Crippen molar-refractivity contribution in [2.24, 2.45) is 16.8 Å². The van der Waals surface area contributed by atoms with E-state index in [2.05, 4.69) is 61.5 Å². The van der Waals surface area contributed by atoms with Gasteiger partial charge in [0.2, 0.25) is 0 Å². The number of likely N-dealkylation sites (N-methyl/N-ethyl adjacent to an activating group) is 1. The second-order valence-corrected chi connectivity index (χ2v) is 6.84. The number of rotatable bonds is 4. The minimum atomic E-state index is 0.382. The first kappa shape index (κ1) is 14.7. The van der Waals surface area contributed by atoms with E-state index in [4.69, 9.17) is 4.99 Å². The van der Waals surface area contributed by atoms with Crippen LogP contribution in [0.25, 0.3) is 0 Å². The van der Waals surface area contributed by atoms with E-state index < -0.39 is 0 Å². The van der Waals surface area contributed by atoms with E-state index in [1.807, 2.05) is 0 Å². The summed E-state index contributed by atoms with van der Waals surface area (Å²) in [5.41, 5.74) is 2.98. The van der Waals surface area contributed by atoms with E-state index in [1.165, 1.54) is 30.5 Å². The molecule has 3 aliphatic rings. The number of nitrogens with zero attached hydrogens (tertiary/aromatic N) is 3. The van der Waals surface area contributed by atoms with Crippen molar-refractivity contribution in [2.75, 3.05) is 40.8 Å². The van der Waals surface area contributed by atoms with Gasteiger partial charge in [0.05, 0.1) is 6.04 Å². The van der Waals surface area contributed by atoms with Crippen LogP contribution in [0.15, 0.2) is 40.4 Å². The molecule has 0 bridgehead atoms. The average molecular weight is 285 g/mol. The Bertz CT molecular complexity index is 499. The van der Waals surface area contributed by atoms with Crippen molar-refractivity contribution >= 4 is 6.21 Å². The van der Waals surface area contributed by atoms with Crippen LogP contribution < -0.4 is 0 Å². The van der Waals surface area contributed by atoms with Crippen LogP contribution in [0.5, 0.6) is 0 Å². The summed E-state index contributed by atoms with van der Waals surface area (Å²) in [7, 11) is 6.49. The van der Waals surface area contributed by atoms with E-state index in [0.29, 0.717) is 17.9 Å². The maximum absolute atomic E-state index is 4.71. The molecule has 0 fully saturated rings. The molecule has 3 nitrogen and oxygen atoms in total. The third-order valence-electron chi connectivity index (χ3n) is 4.88. The van der Waals surface area contributed by atoms with Gasteiger partial charge in [0, 0.05) is 31.1 Å². The van der Waals surface area contributed by atoms with Gasteiger partial charge in [-0.3, -0.25) is 4.99 Å². The number of allylic oxidation sites excluding steroid dienone is 2. The highest BCUT2D eigenvalue weighted by atomic mass is 15.1. The fraction of sp³-hybridized carbons (Fsp3) is 0.611. The molecule has 0 spiro atoms. The predicted octanol–water partition coefficient (Wildman–Crippen LogP) is 2.38. The van der Waals surface area contributed by atoms with Crippen molar-refractivity contribution in [3.05, 3.63) is 35.5 Å². The molecule has 0 amide bonds. The molecule has 0 saturated carbocycles. The first-order valence-electron chi connectivity index (χ1n) is 8.09. The van der Waals surface area contributed by atoms with E-state index in [1.54, 1.807) is 0 Å². The third kappa shape index (κ3) is 3.35. The summed E-state index contributed by atoms with van der Waals surface area (Å²) in [6.45, 7) is 3.39. The van der Waals surface area contributed by atoms with Crippen LogP contribution in [0.1, 0.15) is 12.8 Å². The minimum Gasteiger partial charge on any atom is -0.309 e. The summed E-state index contributed by atoms with van der Waals surface area (Å²) < 4.78 is 0. The predicted molar refractivity (Wildman–Crippen MR) is 89.9 cm³/mol. The van der Waals surface area contributed by atoms with Gasteiger partial charge in [0.25, 0.3) is 0 Å². The standard InChI is InChI=1S/C18H27N3/c1-20(2)9-6-16-13-19-18-5-4-15(12-17(16)18)14-7-10-21(3)11-8-14/h4-5,7,12-13,16-18H,6,8-11H2,1-3H3. The van der Waals surface area contributed by atoms with Gasteiger partial charge in [-0.15, -0.1) is 0 Å². The molecular weight excluding hydrogens is 258 g/mol. The second-order valence-electron chi connectivity index (χ2n) is 6.84. The van der Waals surface area contributed by atoms with Crippen LogP contribution in [0.3, 0.4) is 0 Å². The van der Waals surface area contributed by atoms with Crippen molar-refractivity contribution < 1.29 is 0 Å². The Morgan fingerprint density at radius 2 is 2.24 bits per heavy atom. The zero-order valence-corrected chi connectivity index (χ0v) is 13.5. The molecule has 0 N–H and O–H groups in total. The Balaban J connectivity index is 1.71. The van der Waals surface area contributed by atoms with Gasteiger partial charge >= 0.3 is 0 Å². The van der Waals surface area contributed by atoms with Gasteiger partial charge in [-0.25, -0.2) is 0 Å². The van der Waals surface area contributed by atoms with Gasteiger partial charge in [-0.05, 0) is 51.7 Å². The van der Waals surface area contributed by atoms with Crippen LogP contribution in [-0.2, 0) is 0 Å². The highest BCUT2D eigenvalue weighted by Gasteiger charge is 2.32. The number of fused-ring (bicyclic) bond motifs is 1.